The van der Waals surface area contributed by atoms with Crippen molar-refractivity contribution in [3.8, 4) is 0 Å². The highest BCUT2D eigenvalue weighted by molar-refractivity contribution is 6.01. The van der Waals surface area contributed by atoms with Crippen molar-refractivity contribution in [1.29, 1.82) is 0 Å². The number of para-hydroxylation sites is 1. The summed E-state index contributed by atoms with van der Waals surface area (Å²) in [6.45, 7) is 10.2. The van der Waals surface area contributed by atoms with E-state index in [9.17, 15) is 4.79 Å². The number of rotatable bonds is 7. The Morgan fingerprint density at radius 1 is 1.27 bits per heavy atom. The van der Waals surface area contributed by atoms with E-state index >= 15 is 0 Å². The van der Waals surface area contributed by atoms with Crippen LogP contribution in [0.2, 0.25) is 0 Å². The van der Waals surface area contributed by atoms with Gasteiger partial charge in [-0.2, -0.15) is 0 Å². The number of carbonyl (C=O) groups excluding carboxylic acids is 1. The summed E-state index contributed by atoms with van der Waals surface area (Å²) in [6, 6.07) is 8.31. The van der Waals surface area contributed by atoms with Crippen molar-refractivity contribution in [2.45, 2.75) is 53.5 Å². The largest absolute Gasteiger partial charge is 0.351 e. The zero-order chi connectivity index (χ0) is 16.1. The number of benzene rings is 1. The summed E-state index contributed by atoms with van der Waals surface area (Å²) in [5.41, 5.74) is 3.09. The van der Waals surface area contributed by atoms with Crippen LogP contribution in [0.15, 0.2) is 24.3 Å². The Morgan fingerprint density at radius 3 is 2.68 bits per heavy atom. The number of aromatic nitrogens is 1. The Hall–Kier alpha value is -1.77. The minimum Gasteiger partial charge on any atom is -0.351 e. The summed E-state index contributed by atoms with van der Waals surface area (Å²) in [4.78, 5) is 12.7. The smallest absolute Gasteiger partial charge is 0.268 e. The summed E-state index contributed by atoms with van der Waals surface area (Å²) < 4.78 is 2.19. The summed E-state index contributed by atoms with van der Waals surface area (Å²) in [7, 11) is 0. The number of unbranched alkanes of at least 4 members (excludes halogenated alkanes) is 1. The zero-order valence-electron chi connectivity index (χ0n) is 14.3. The fraction of sp³-hybridized carbons (Fsp3) is 0.526. The Morgan fingerprint density at radius 2 is 2.00 bits per heavy atom. The second-order valence-corrected chi connectivity index (χ2v) is 6.43. The molecule has 0 saturated carbocycles. The van der Waals surface area contributed by atoms with Crippen molar-refractivity contribution in [2.24, 2.45) is 5.92 Å². The van der Waals surface area contributed by atoms with Gasteiger partial charge in [0.1, 0.15) is 5.69 Å². The topological polar surface area (TPSA) is 34.0 Å². The molecule has 0 spiro atoms. The fourth-order valence-corrected chi connectivity index (χ4v) is 2.88. The summed E-state index contributed by atoms with van der Waals surface area (Å²) in [5, 5.41) is 4.28. The zero-order valence-corrected chi connectivity index (χ0v) is 14.3. The van der Waals surface area contributed by atoms with Crippen molar-refractivity contribution in [1.82, 2.24) is 9.88 Å². The molecule has 1 aromatic heterocycles. The lowest BCUT2D eigenvalue weighted by Crippen LogP contribution is -2.28. The SMILES string of the molecule is CCCCn1c(C(=O)NCCC(C)C)c(C)c2ccccc21. The maximum absolute atomic E-state index is 12.7. The highest BCUT2D eigenvalue weighted by atomic mass is 16.1. The van der Waals surface area contributed by atoms with Crippen molar-refractivity contribution < 1.29 is 4.79 Å². The standard InChI is InChI=1S/C19H28N2O/c1-5-6-13-21-17-10-8-7-9-16(17)15(4)18(21)19(22)20-12-11-14(2)3/h7-10,14H,5-6,11-13H2,1-4H3,(H,20,22). The Bertz CT molecular complexity index is 640. The van der Waals surface area contributed by atoms with E-state index in [0.717, 1.165) is 43.6 Å². The van der Waals surface area contributed by atoms with Gasteiger partial charge < -0.3 is 9.88 Å². The number of hydrogen-bond donors (Lipinski definition) is 1. The summed E-state index contributed by atoms with van der Waals surface area (Å²) >= 11 is 0. The first kappa shape index (κ1) is 16.6. The molecule has 0 aliphatic heterocycles. The predicted octanol–water partition coefficient (Wildman–Crippen LogP) is 4.53. The van der Waals surface area contributed by atoms with Gasteiger partial charge in [-0.3, -0.25) is 4.79 Å². The molecular weight excluding hydrogens is 272 g/mol. The molecule has 0 unspecified atom stereocenters. The number of hydrogen-bond acceptors (Lipinski definition) is 1. The van der Waals surface area contributed by atoms with Gasteiger partial charge in [-0.15, -0.1) is 0 Å². The molecule has 0 aliphatic carbocycles. The van der Waals surface area contributed by atoms with E-state index in [0.29, 0.717) is 5.92 Å². The van der Waals surface area contributed by atoms with Crippen LogP contribution in [0.3, 0.4) is 0 Å². The molecule has 0 radical (unpaired) electrons. The van der Waals surface area contributed by atoms with Crippen LogP contribution in [0.4, 0.5) is 0 Å². The quantitative estimate of drug-likeness (QED) is 0.801. The van der Waals surface area contributed by atoms with Crippen LogP contribution in [0, 0.1) is 12.8 Å². The van der Waals surface area contributed by atoms with Gasteiger partial charge in [0.2, 0.25) is 0 Å². The molecule has 0 bridgehead atoms. The van der Waals surface area contributed by atoms with Crippen molar-refractivity contribution >= 4 is 16.8 Å². The summed E-state index contributed by atoms with van der Waals surface area (Å²) in [5.74, 6) is 0.665. The number of amides is 1. The average molecular weight is 300 g/mol. The molecule has 3 heteroatoms. The third kappa shape index (κ3) is 3.52. The number of nitrogens with zero attached hydrogens (tertiary/aromatic N) is 1. The van der Waals surface area contributed by atoms with Gasteiger partial charge in [0.25, 0.3) is 5.91 Å². The summed E-state index contributed by atoms with van der Waals surface area (Å²) in [6.07, 6.45) is 3.23. The van der Waals surface area contributed by atoms with E-state index in [4.69, 9.17) is 0 Å². The second kappa shape index (κ2) is 7.48. The van der Waals surface area contributed by atoms with E-state index in [1.165, 1.54) is 10.9 Å². The van der Waals surface area contributed by atoms with Gasteiger partial charge in [0.05, 0.1) is 0 Å². The molecule has 0 fully saturated rings. The minimum absolute atomic E-state index is 0.0606. The lowest BCUT2D eigenvalue weighted by Gasteiger charge is -2.12. The number of nitrogens with one attached hydrogen (secondary N) is 1. The van der Waals surface area contributed by atoms with Crippen molar-refractivity contribution in [2.75, 3.05) is 6.54 Å². The van der Waals surface area contributed by atoms with E-state index in [-0.39, 0.29) is 5.91 Å². The number of aryl methyl sites for hydroxylation is 2. The fourth-order valence-electron chi connectivity index (χ4n) is 2.88. The van der Waals surface area contributed by atoms with E-state index < -0.39 is 0 Å². The van der Waals surface area contributed by atoms with Gasteiger partial charge in [-0.1, -0.05) is 45.4 Å². The molecule has 2 aromatic rings. The van der Waals surface area contributed by atoms with Crippen LogP contribution in [-0.4, -0.2) is 17.0 Å². The van der Waals surface area contributed by atoms with E-state index in [1.807, 2.05) is 12.1 Å². The lowest BCUT2D eigenvalue weighted by atomic mass is 10.1. The molecule has 22 heavy (non-hydrogen) atoms. The van der Waals surface area contributed by atoms with Crippen LogP contribution in [-0.2, 0) is 6.54 Å². The van der Waals surface area contributed by atoms with Gasteiger partial charge in [0.15, 0.2) is 0 Å². The first-order chi connectivity index (χ1) is 10.6. The second-order valence-electron chi connectivity index (χ2n) is 6.43. The van der Waals surface area contributed by atoms with Gasteiger partial charge >= 0.3 is 0 Å². The molecule has 0 saturated heterocycles. The van der Waals surface area contributed by atoms with Crippen molar-refractivity contribution in [3.63, 3.8) is 0 Å². The van der Waals surface area contributed by atoms with Gasteiger partial charge in [-0.25, -0.2) is 0 Å². The van der Waals surface area contributed by atoms with Crippen LogP contribution in [0.1, 0.15) is 56.1 Å². The molecular formula is C19H28N2O. The first-order valence-corrected chi connectivity index (χ1v) is 8.42. The van der Waals surface area contributed by atoms with Gasteiger partial charge in [-0.05, 0) is 37.3 Å². The molecule has 1 heterocycles. The Kier molecular flexibility index (Phi) is 5.64. The van der Waals surface area contributed by atoms with E-state index in [1.54, 1.807) is 0 Å². The maximum atomic E-state index is 12.7. The first-order valence-electron chi connectivity index (χ1n) is 8.42. The normalized spacial score (nSPS) is 11.3. The van der Waals surface area contributed by atoms with E-state index in [2.05, 4.69) is 49.7 Å². The average Bonchev–Trinajstić information content (AvgIpc) is 2.78. The Labute approximate surface area is 133 Å². The highest BCUT2D eigenvalue weighted by Gasteiger charge is 2.19. The maximum Gasteiger partial charge on any atom is 0.268 e. The molecule has 1 amide bonds. The van der Waals surface area contributed by atoms with Crippen LogP contribution < -0.4 is 5.32 Å². The number of fused-ring (bicyclic) bond motifs is 1. The third-order valence-corrected chi connectivity index (χ3v) is 4.18. The molecule has 1 aromatic carbocycles. The molecule has 120 valence electrons. The highest BCUT2D eigenvalue weighted by Crippen LogP contribution is 2.26. The third-order valence-electron chi connectivity index (χ3n) is 4.18. The van der Waals surface area contributed by atoms with Crippen molar-refractivity contribution in [3.05, 3.63) is 35.5 Å². The van der Waals surface area contributed by atoms with Crippen LogP contribution >= 0.6 is 0 Å². The predicted molar refractivity (Wildman–Crippen MR) is 93.4 cm³/mol. The minimum atomic E-state index is 0.0606. The number of carbonyl (C=O) groups is 1. The van der Waals surface area contributed by atoms with Crippen LogP contribution in [0.5, 0.6) is 0 Å². The molecule has 3 nitrogen and oxygen atoms in total. The Balaban J connectivity index is 2.33. The lowest BCUT2D eigenvalue weighted by molar-refractivity contribution is 0.0942. The molecule has 2 rings (SSSR count). The monoisotopic (exact) mass is 300 g/mol. The van der Waals surface area contributed by atoms with Gasteiger partial charge in [0, 0.05) is 24.0 Å². The molecule has 0 aliphatic rings. The molecule has 1 N–H and O–H groups in total. The molecule has 0 atom stereocenters. The van der Waals surface area contributed by atoms with Crippen LogP contribution in [0.25, 0.3) is 10.9 Å².